The van der Waals surface area contributed by atoms with Crippen LogP contribution >= 0.6 is 11.6 Å². The third-order valence-electron chi connectivity index (χ3n) is 5.60. The SMILES string of the molecule is O=C(Nc1ccc(F)cc1F)N1Cc2ccccc2-n2cccc2[C@@H]1c1ccccc1Cl. The molecule has 0 radical (unpaired) electrons. The van der Waals surface area contributed by atoms with Crippen LogP contribution < -0.4 is 5.32 Å². The largest absolute Gasteiger partial charge is 0.323 e. The summed E-state index contributed by atoms with van der Waals surface area (Å²) in [5.74, 6) is -1.55. The normalized spacial score (nSPS) is 15.0. The number of nitrogens with one attached hydrogen (secondary N) is 1. The van der Waals surface area contributed by atoms with E-state index in [0.717, 1.165) is 34.6 Å². The van der Waals surface area contributed by atoms with E-state index in [0.29, 0.717) is 5.02 Å². The van der Waals surface area contributed by atoms with E-state index in [-0.39, 0.29) is 12.2 Å². The molecule has 5 rings (SSSR count). The number of halogens is 3. The highest BCUT2D eigenvalue weighted by Crippen LogP contribution is 2.39. The van der Waals surface area contributed by atoms with Gasteiger partial charge < -0.3 is 14.8 Å². The summed E-state index contributed by atoms with van der Waals surface area (Å²) in [6, 6.07) is 21.0. The molecule has 1 aromatic heterocycles. The summed E-state index contributed by atoms with van der Waals surface area (Å²) < 4.78 is 29.6. The molecule has 0 bridgehead atoms. The maximum Gasteiger partial charge on any atom is 0.323 e. The highest BCUT2D eigenvalue weighted by atomic mass is 35.5. The van der Waals surface area contributed by atoms with Crippen LogP contribution in [0.3, 0.4) is 0 Å². The standard InChI is InChI=1S/C25H18ClF2N3O/c26-19-8-3-2-7-18(19)24-23-10-5-13-30(23)22-9-4-1-6-16(22)15-31(24)25(32)29-21-12-11-17(27)14-20(21)28/h1-14,24H,15H2,(H,29,32)/t24-/m0/s1. The lowest BCUT2D eigenvalue weighted by Gasteiger charge is -2.31. The fraction of sp³-hybridized carbons (Fsp3) is 0.0800. The average Bonchev–Trinajstić information content (AvgIpc) is 3.21. The number of aromatic nitrogens is 1. The fourth-order valence-electron chi connectivity index (χ4n) is 4.14. The molecule has 0 aliphatic carbocycles. The van der Waals surface area contributed by atoms with Crippen molar-refractivity contribution in [1.82, 2.24) is 9.47 Å². The van der Waals surface area contributed by atoms with Crippen molar-refractivity contribution in [2.75, 3.05) is 5.32 Å². The molecule has 32 heavy (non-hydrogen) atoms. The minimum absolute atomic E-state index is 0.0952. The number of hydrogen-bond donors (Lipinski definition) is 1. The van der Waals surface area contributed by atoms with Crippen LogP contribution in [-0.2, 0) is 6.54 Å². The van der Waals surface area contributed by atoms with E-state index in [4.69, 9.17) is 11.6 Å². The third-order valence-corrected chi connectivity index (χ3v) is 5.94. The minimum Gasteiger partial charge on any atom is -0.318 e. The summed E-state index contributed by atoms with van der Waals surface area (Å²) in [6.07, 6.45) is 1.94. The molecule has 4 nitrogen and oxygen atoms in total. The van der Waals surface area contributed by atoms with Crippen LogP contribution in [0.5, 0.6) is 0 Å². The van der Waals surface area contributed by atoms with Crippen LogP contribution in [0.4, 0.5) is 19.3 Å². The second-order valence-electron chi connectivity index (χ2n) is 7.54. The van der Waals surface area contributed by atoms with Gasteiger partial charge in [-0.15, -0.1) is 0 Å². The molecule has 1 aliphatic rings. The zero-order valence-corrected chi connectivity index (χ0v) is 17.6. The van der Waals surface area contributed by atoms with E-state index in [1.165, 1.54) is 6.07 Å². The maximum absolute atomic E-state index is 14.3. The van der Waals surface area contributed by atoms with Crippen LogP contribution in [0.25, 0.3) is 5.69 Å². The number of urea groups is 1. The number of nitrogens with zero attached hydrogens (tertiary/aromatic N) is 2. The number of para-hydroxylation sites is 1. The number of benzene rings is 3. The zero-order valence-electron chi connectivity index (χ0n) is 16.8. The summed E-state index contributed by atoms with van der Waals surface area (Å²) in [6.45, 7) is 0.266. The lowest BCUT2D eigenvalue weighted by Crippen LogP contribution is -2.38. The Morgan fingerprint density at radius 2 is 1.75 bits per heavy atom. The molecule has 2 heterocycles. The molecule has 0 saturated carbocycles. The van der Waals surface area contributed by atoms with Gasteiger partial charge in [-0.1, -0.05) is 48.0 Å². The first-order valence-corrected chi connectivity index (χ1v) is 10.4. The van der Waals surface area contributed by atoms with Gasteiger partial charge in [-0.25, -0.2) is 13.6 Å². The van der Waals surface area contributed by atoms with Gasteiger partial charge in [-0.05, 0) is 47.5 Å². The third kappa shape index (κ3) is 3.52. The Morgan fingerprint density at radius 3 is 2.56 bits per heavy atom. The van der Waals surface area contributed by atoms with Gasteiger partial charge in [0.15, 0.2) is 0 Å². The lowest BCUT2D eigenvalue weighted by atomic mass is 10.0. The second-order valence-corrected chi connectivity index (χ2v) is 7.95. The molecule has 4 aromatic rings. The molecule has 2 amide bonds. The van der Waals surface area contributed by atoms with Crippen LogP contribution in [0.15, 0.2) is 85.1 Å². The van der Waals surface area contributed by atoms with Crippen molar-refractivity contribution in [1.29, 1.82) is 0 Å². The zero-order chi connectivity index (χ0) is 22.2. The number of amides is 2. The van der Waals surface area contributed by atoms with Gasteiger partial charge in [0.05, 0.1) is 23.6 Å². The number of rotatable bonds is 2. The molecule has 0 saturated heterocycles. The molecule has 160 valence electrons. The number of carbonyl (C=O) groups is 1. The average molecular weight is 450 g/mol. The van der Waals surface area contributed by atoms with Gasteiger partial charge in [0.1, 0.15) is 17.7 Å². The van der Waals surface area contributed by atoms with Crippen molar-refractivity contribution in [2.45, 2.75) is 12.6 Å². The molecule has 1 atom stereocenters. The topological polar surface area (TPSA) is 37.3 Å². The van der Waals surface area contributed by atoms with Gasteiger partial charge in [0.25, 0.3) is 0 Å². The van der Waals surface area contributed by atoms with Crippen molar-refractivity contribution < 1.29 is 13.6 Å². The molecule has 0 unspecified atom stereocenters. The Balaban J connectivity index is 1.65. The summed E-state index contributed by atoms with van der Waals surface area (Å²) in [4.78, 5) is 15.1. The Bertz CT molecular complexity index is 1320. The van der Waals surface area contributed by atoms with Gasteiger partial charge in [0, 0.05) is 17.3 Å². The molecule has 0 spiro atoms. The first-order chi connectivity index (χ1) is 15.5. The monoisotopic (exact) mass is 449 g/mol. The molecule has 0 fully saturated rings. The Morgan fingerprint density at radius 1 is 0.969 bits per heavy atom. The van der Waals surface area contributed by atoms with E-state index in [1.54, 1.807) is 11.0 Å². The van der Waals surface area contributed by atoms with Crippen molar-refractivity contribution in [3.8, 4) is 5.69 Å². The van der Waals surface area contributed by atoms with E-state index >= 15 is 0 Å². The molecular weight excluding hydrogens is 432 g/mol. The van der Waals surface area contributed by atoms with Crippen molar-refractivity contribution in [3.63, 3.8) is 0 Å². The van der Waals surface area contributed by atoms with Crippen LogP contribution in [0, 0.1) is 11.6 Å². The predicted molar refractivity (Wildman–Crippen MR) is 120 cm³/mol. The van der Waals surface area contributed by atoms with Gasteiger partial charge in [0.2, 0.25) is 0 Å². The van der Waals surface area contributed by atoms with Gasteiger partial charge in [-0.3, -0.25) is 0 Å². The van der Waals surface area contributed by atoms with E-state index in [1.807, 2.05) is 65.4 Å². The Hall–Kier alpha value is -3.64. The molecule has 7 heteroatoms. The Labute approximate surface area is 188 Å². The molecule has 1 aliphatic heterocycles. The number of anilines is 1. The molecule has 1 N–H and O–H groups in total. The second kappa shape index (κ2) is 8.13. The maximum atomic E-state index is 14.3. The Kier molecular flexibility index (Phi) is 5.15. The van der Waals surface area contributed by atoms with Gasteiger partial charge in [-0.2, -0.15) is 0 Å². The van der Waals surface area contributed by atoms with Crippen LogP contribution in [0.1, 0.15) is 22.9 Å². The van der Waals surface area contributed by atoms with Crippen molar-refractivity contribution in [3.05, 3.63) is 119 Å². The highest BCUT2D eigenvalue weighted by Gasteiger charge is 2.34. The molecule has 3 aromatic carbocycles. The van der Waals surface area contributed by atoms with Crippen LogP contribution in [0.2, 0.25) is 5.02 Å². The predicted octanol–water partition coefficient (Wildman–Crippen LogP) is 6.55. The lowest BCUT2D eigenvalue weighted by molar-refractivity contribution is 0.194. The van der Waals surface area contributed by atoms with E-state index < -0.39 is 23.7 Å². The summed E-state index contributed by atoms with van der Waals surface area (Å²) in [5.41, 5.74) is 3.37. The van der Waals surface area contributed by atoms with Crippen molar-refractivity contribution in [2.24, 2.45) is 0 Å². The fourth-order valence-corrected chi connectivity index (χ4v) is 4.38. The summed E-state index contributed by atoms with van der Waals surface area (Å²) in [7, 11) is 0. The smallest absolute Gasteiger partial charge is 0.318 e. The number of carbonyl (C=O) groups excluding carboxylic acids is 1. The summed E-state index contributed by atoms with van der Waals surface area (Å²) in [5, 5.41) is 3.12. The number of hydrogen-bond acceptors (Lipinski definition) is 1. The summed E-state index contributed by atoms with van der Waals surface area (Å²) >= 11 is 6.56. The van der Waals surface area contributed by atoms with Crippen LogP contribution in [-0.4, -0.2) is 15.5 Å². The first kappa shape index (κ1) is 20.3. The minimum atomic E-state index is -0.841. The van der Waals surface area contributed by atoms with Crippen molar-refractivity contribution >= 4 is 23.3 Å². The first-order valence-electron chi connectivity index (χ1n) is 10.1. The van der Waals surface area contributed by atoms with E-state index in [2.05, 4.69) is 5.32 Å². The highest BCUT2D eigenvalue weighted by molar-refractivity contribution is 6.31. The van der Waals surface area contributed by atoms with Gasteiger partial charge >= 0.3 is 6.03 Å². The molecular formula is C25H18ClF2N3O. The number of fused-ring (bicyclic) bond motifs is 3. The quantitative estimate of drug-likeness (QED) is 0.370. The van der Waals surface area contributed by atoms with E-state index in [9.17, 15) is 13.6 Å².